The third kappa shape index (κ3) is 2.14. The second kappa shape index (κ2) is 4.72. The lowest BCUT2D eigenvalue weighted by molar-refractivity contribution is -0.118. The molecule has 98 valence electrons. The standard InChI is InChI=1S/C13H20N4O/c1-15-12-10-11(5-9-16-6-3-7-16)14-17(12)8-2-4-13(15)18/h10H,2-9H2,1H3. The molecule has 0 atom stereocenters. The minimum absolute atomic E-state index is 0.197. The summed E-state index contributed by atoms with van der Waals surface area (Å²) in [6, 6.07) is 2.07. The largest absolute Gasteiger partial charge is 0.303 e. The van der Waals surface area contributed by atoms with Gasteiger partial charge in [-0.2, -0.15) is 5.10 Å². The molecule has 3 heterocycles. The number of aryl methyl sites for hydroxylation is 1. The minimum Gasteiger partial charge on any atom is -0.303 e. The number of amides is 1. The van der Waals surface area contributed by atoms with Crippen molar-refractivity contribution in [3.8, 4) is 0 Å². The second-order valence-corrected chi connectivity index (χ2v) is 5.22. The highest BCUT2D eigenvalue weighted by molar-refractivity contribution is 5.92. The smallest absolute Gasteiger partial charge is 0.227 e. The predicted molar refractivity (Wildman–Crippen MR) is 69.6 cm³/mol. The molecular formula is C13H20N4O. The van der Waals surface area contributed by atoms with Gasteiger partial charge in [0.2, 0.25) is 5.91 Å². The summed E-state index contributed by atoms with van der Waals surface area (Å²) >= 11 is 0. The lowest BCUT2D eigenvalue weighted by atomic mass is 10.2. The van der Waals surface area contributed by atoms with E-state index in [9.17, 15) is 4.79 Å². The zero-order valence-corrected chi connectivity index (χ0v) is 10.9. The molecule has 0 aromatic carbocycles. The molecule has 18 heavy (non-hydrogen) atoms. The molecule has 1 fully saturated rings. The fraction of sp³-hybridized carbons (Fsp3) is 0.692. The van der Waals surface area contributed by atoms with Crippen LogP contribution < -0.4 is 4.90 Å². The van der Waals surface area contributed by atoms with Crippen molar-refractivity contribution in [1.82, 2.24) is 14.7 Å². The maximum atomic E-state index is 11.8. The van der Waals surface area contributed by atoms with E-state index in [1.165, 1.54) is 19.5 Å². The molecule has 5 heteroatoms. The maximum Gasteiger partial charge on any atom is 0.227 e. The van der Waals surface area contributed by atoms with Crippen LogP contribution in [0.2, 0.25) is 0 Å². The third-order valence-electron chi connectivity index (χ3n) is 3.92. The molecular weight excluding hydrogens is 228 g/mol. The van der Waals surface area contributed by atoms with E-state index in [4.69, 9.17) is 0 Å². The number of rotatable bonds is 3. The first kappa shape index (κ1) is 11.7. The fourth-order valence-electron chi connectivity index (χ4n) is 2.57. The summed E-state index contributed by atoms with van der Waals surface area (Å²) < 4.78 is 1.98. The second-order valence-electron chi connectivity index (χ2n) is 5.22. The van der Waals surface area contributed by atoms with Gasteiger partial charge < -0.3 is 9.80 Å². The summed E-state index contributed by atoms with van der Waals surface area (Å²) in [5, 5.41) is 4.62. The van der Waals surface area contributed by atoms with Gasteiger partial charge in [-0.1, -0.05) is 0 Å². The normalized spacial score (nSPS) is 20.5. The molecule has 0 bridgehead atoms. The molecule has 1 saturated heterocycles. The van der Waals surface area contributed by atoms with Crippen LogP contribution in [0.4, 0.5) is 5.82 Å². The Bertz CT molecular complexity index is 450. The highest BCUT2D eigenvalue weighted by atomic mass is 16.2. The van der Waals surface area contributed by atoms with E-state index in [1.807, 2.05) is 11.7 Å². The SMILES string of the molecule is CN1C(=O)CCCn2nc(CCN3CCC3)cc21. The van der Waals surface area contributed by atoms with E-state index in [0.29, 0.717) is 6.42 Å². The van der Waals surface area contributed by atoms with E-state index in [2.05, 4.69) is 16.1 Å². The van der Waals surface area contributed by atoms with E-state index >= 15 is 0 Å². The van der Waals surface area contributed by atoms with Gasteiger partial charge in [0.1, 0.15) is 5.82 Å². The first-order valence-electron chi connectivity index (χ1n) is 6.80. The van der Waals surface area contributed by atoms with Crippen molar-refractivity contribution < 1.29 is 4.79 Å². The highest BCUT2D eigenvalue weighted by Crippen LogP contribution is 2.21. The van der Waals surface area contributed by atoms with Crippen LogP contribution in [0.1, 0.15) is 25.0 Å². The van der Waals surface area contributed by atoms with Crippen LogP contribution in [-0.2, 0) is 17.8 Å². The lowest BCUT2D eigenvalue weighted by Gasteiger charge is -2.30. The number of hydrogen-bond acceptors (Lipinski definition) is 3. The van der Waals surface area contributed by atoms with E-state index < -0.39 is 0 Å². The van der Waals surface area contributed by atoms with Gasteiger partial charge >= 0.3 is 0 Å². The fourth-order valence-corrected chi connectivity index (χ4v) is 2.57. The molecule has 0 unspecified atom stereocenters. The van der Waals surface area contributed by atoms with Crippen molar-refractivity contribution in [3.63, 3.8) is 0 Å². The number of nitrogens with zero attached hydrogens (tertiary/aromatic N) is 4. The van der Waals surface area contributed by atoms with Gasteiger partial charge in [-0.3, -0.25) is 4.79 Å². The van der Waals surface area contributed by atoms with Crippen molar-refractivity contribution in [3.05, 3.63) is 11.8 Å². The molecule has 5 nitrogen and oxygen atoms in total. The predicted octanol–water partition coefficient (Wildman–Crippen LogP) is 0.888. The Balaban J connectivity index is 1.71. The molecule has 1 aromatic heterocycles. The van der Waals surface area contributed by atoms with Gasteiger partial charge in [-0.15, -0.1) is 0 Å². The molecule has 0 spiro atoms. The Morgan fingerprint density at radius 2 is 2.11 bits per heavy atom. The Kier molecular flexibility index (Phi) is 3.07. The summed E-state index contributed by atoms with van der Waals surface area (Å²) in [5.41, 5.74) is 1.11. The summed E-state index contributed by atoms with van der Waals surface area (Å²) in [6.07, 6.45) is 3.84. The van der Waals surface area contributed by atoms with Crippen LogP contribution in [0, 0.1) is 0 Å². The summed E-state index contributed by atoms with van der Waals surface area (Å²) in [4.78, 5) is 16.0. The van der Waals surface area contributed by atoms with Crippen molar-refractivity contribution in [2.75, 3.05) is 31.6 Å². The average molecular weight is 248 g/mol. The lowest BCUT2D eigenvalue weighted by Crippen LogP contribution is -2.38. The molecule has 0 saturated carbocycles. The van der Waals surface area contributed by atoms with Crippen molar-refractivity contribution in [2.45, 2.75) is 32.2 Å². The Morgan fingerprint density at radius 3 is 2.83 bits per heavy atom. The van der Waals surface area contributed by atoms with Crippen molar-refractivity contribution in [1.29, 1.82) is 0 Å². The molecule has 0 radical (unpaired) electrons. The average Bonchev–Trinajstić information content (AvgIpc) is 2.64. The summed E-state index contributed by atoms with van der Waals surface area (Å²) in [5.74, 6) is 1.15. The summed E-state index contributed by atoms with van der Waals surface area (Å²) in [6.45, 7) is 4.40. The third-order valence-corrected chi connectivity index (χ3v) is 3.92. The number of carbonyl (C=O) groups is 1. The van der Waals surface area contributed by atoms with Gasteiger partial charge in [-0.25, -0.2) is 4.68 Å². The van der Waals surface area contributed by atoms with Crippen LogP contribution in [0.25, 0.3) is 0 Å². The molecule has 0 aliphatic carbocycles. The van der Waals surface area contributed by atoms with Crippen LogP contribution in [0.15, 0.2) is 6.07 Å². The number of anilines is 1. The highest BCUT2D eigenvalue weighted by Gasteiger charge is 2.21. The molecule has 0 N–H and O–H groups in total. The molecule has 1 aromatic rings. The quantitative estimate of drug-likeness (QED) is 0.797. The zero-order chi connectivity index (χ0) is 12.5. The van der Waals surface area contributed by atoms with Gasteiger partial charge in [0.15, 0.2) is 0 Å². The zero-order valence-electron chi connectivity index (χ0n) is 10.9. The minimum atomic E-state index is 0.197. The molecule has 2 aliphatic rings. The van der Waals surface area contributed by atoms with E-state index in [0.717, 1.165) is 37.4 Å². The van der Waals surface area contributed by atoms with Gasteiger partial charge in [0.05, 0.1) is 5.69 Å². The van der Waals surface area contributed by atoms with Gasteiger partial charge in [0.25, 0.3) is 0 Å². The first-order valence-corrected chi connectivity index (χ1v) is 6.80. The van der Waals surface area contributed by atoms with Gasteiger partial charge in [0, 0.05) is 39.0 Å². The topological polar surface area (TPSA) is 41.4 Å². The number of likely N-dealkylation sites (tertiary alicyclic amines) is 1. The maximum absolute atomic E-state index is 11.8. The Morgan fingerprint density at radius 1 is 1.28 bits per heavy atom. The molecule has 2 aliphatic heterocycles. The van der Waals surface area contributed by atoms with Gasteiger partial charge in [-0.05, 0) is 25.9 Å². The van der Waals surface area contributed by atoms with Crippen LogP contribution in [0.3, 0.4) is 0 Å². The van der Waals surface area contributed by atoms with E-state index in [1.54, 1.807) is 4.90 Å². The monoisotopic (exact) mass is 248 g/mol. The summed E-state index contributed by atoms with van der Waals surface area (Å²) in [7, 11) is 1.85. The number of fused-ring (bicyclic) bond motifs is 1. The first-order chi connectivity index (χ1) is 8.74. The van der Waals surface area contributed by atoms with Crippen LogP contribution in [0.5, 0.6) is 0 Å². The van der Waals surface area contributed by atoms with E-state index in [-0.39, 0.29) is 5.91 Å². The Labute approximate surface area is 107 Å². The number of hydrogen-bond donors (Lipinski definition) is 0. The Hall–Kier alpha value is -1.36. The molecule has 3 rings (SSSR count). The number of aromatic nitrogens is 2. The van der Waals surface area contributed by atoms with Crippen LogP contribution in [-0.4, -0.2) is 47.3 Å². The van der Waals surface area contributed by atoms with Crippen molar-refractivity contribution in [2.24, 2.45) is 0 Å². The van der Waals surface area contributed by atoms with Crippen molar-refractivity contribution >= 4 is 11.7 Å². The number of carbonyl (C=O) groups excluding carboxylic acids is 1. The van der Waals surface area contributed by atoms with Crippen LogP contribution >= 0.6 is 0 Å². The molecule has 1 amide bonds.